The second-order valence-corrected chi connectivity index (χ2v) is 7.62. The zero-order valence-corrected chi connectivity index (χ0v) is 13.4. The molecular weight excluding hydrogens is 320 g/mol. The average molecular weight is 337 g/mol. The van der Waals surface area contributed by atoms with Crippen molar-refractivity contribution in [2.24, 2.45) is 0 Å². The van der Waals surface area contributed by atoms with E-state index < -0.39 is 28.1 Å². The summed E-state index contributed by atoms with van der Waals surface area (Å²) in [5, 5.41) is 0. The summed E-state index contributed by atoms with van der Waals surface area (Å²) < 4.78 is 54.2. The van der Waals surface area contributed by atoms with Crippen LogP contribution in [0.3, 0.4) is 0 Å². The van der Waals surface area contributed by atoms with Gasteiger partial charge in [-0.1, -0.05) is 29.8 Å². The second-order valence-electron chi connectivity index (χ2n) is 5.73. The molecule has 3 rings (SSSR count). The molecule has 0 aliphatic carbocycles. The van der Waals surface area contributed by atoms with E-state index >= 15 is 0 Å². The Hall–Kier alpha value is -1.79. The number of halogens is 2. The highest BCUT2D eigenvalue weighted by Gasteiger charge is 2.42. The molecule has 0 N–H and O–H groups in total. The summed E-state index contributed by atoms with van der Waals surface area (Å²) in [5.41, 5.74) is 1.41. The molecular formula is C17H17F2NO2S. The van der Waals surface area contributed by atoms with Crippen molar-refractivity contribution >= 4 is 10.0 Å². The fourth-order valence-corrected chi connectivity index (χ4v) is 4.53. The third kappa shape index (κ3) is 3.01. The Bertz CT molecular complexity index is 788. The lowest BCUT2D eigenvalue weighted by atomic mass is 10.0. The van der Waals surface area contributed by atoms with Gasteiger partial charge in [0.05, 0.1) is 10.9 Å². The number of benzene rings is 2. The van der Waals surface area contributed by atoms with Gasteiger partial charge in [-0.15, -0.1) is 0 Å². The highest BCUT2D eigenvalue weighted by molar-refractivity contribution is 7.89. The van der Waals surface area contributed by atoms with Crippen molar-refractivity contribution in [2.75, 3.05) is 6.54 Å². The fraction of sp³-hybridized carbons (Fsp3) is 0.294. The summed E-state index contributed by atoms with van der Waals surface area (Å²) in [6, 6.07) is 10.9. The maximum absolute atomic E-state index is 14.3. The lowest BCUT2D eigenvalue weighted by Crippen LogP contribution is -2.32. The van der Waals surface area contributed by atoms with Crippen LogP contribution >= 0.6 is 0 Å². The number of aryl methyl sites for hydroxylation is 1. The Labute approximate surface area is 134 Å². The number of hydrogen-bond donors (Lipinski definition) is 0. The number of alkyl halides is 1. The van der Waals surface area contributed by atoms with Crippen molar-refractivity contribution < 1.29 is 17.2 Å². The third-order valence-corrected chi connectivity index (χ3v) is 6.01. The highest BCUT2D eigenvalue weighted by Crippen LogP contribution is 2.38. The molecule has 1 fully saturated rings. The summed E-state index contributed by atoms with van der Waals surface area (Å²) in [7, 11) is -3.80. The van der Waals surface area contributed by atoms with Gasteiger partial charge in [0.2, 0.25) is 10.0 Å². The monoisotopic (exact) mass is 337 g/mol. The van der Waals surface area contributed by atoms with Crippen LogP contribution < -0.4 is 0 Å². The summed E-state index contributed by atoms with van der Waals surface area (Å²) in [4.78, 5) is 0.143. The van der Waals surface area contributed by atoms with Crippen LogP contribution in [0.5, 0.6) is 0 Å². The zero-order valence-electron chi connectivity index (χ0n) is 12.6. The number of hydrogen-bond acceptors (Lipinski definition) is 2. The summed E-state index contributed by atoms with van der Waals surface area (Å²) in [5.74, 6) is -0.435. The molecule has 6 heteroatoms. The van der Waals surface area contributed by atoms with Gasteiger partial charge in [0, 0.05) is 6.54 Å². The van der Waals surface area contributed by atoms with Gasteiger partial charge in [-0.25, -0.2) is 17.2 Å². The molecule has 0 bridgehead atoms. The maximum atomic E-state index is 14.3. The van der Waals surface area contributed by atoms with Crippen molar-refractivity contribution in [1.29, 1.82) is 0 Å². The SMILES string of the molecule is Cc1ccc(S(=O)(=O)N2CCC(F)C2c2ccc(F)cc2)cc1. The molecule has 1 aliphatic heterocycles. The first-order chi connectivity index (χ1) is 10.9. The fourth-order valence-electron chi connectivity index (χ4n) is 2.88. The van der Waals surface area contributed by atoms with Gasteiger partial charge in [-0.2, -0.15) is 4.31 Å². The molecule has 2 aromatic rings. The third-order valence-electron chi connectivity index (χ3n) is 4.12. The second kappa shape index (κ2) is 6.02. The predicted octanol–water partition coefficient (Wildman–Crippen LogP) is 3.61. The molecule has 0 saturated carbocycles. The van der Waals surface area contributed by atoms with Crippen LogP contribution in [0.1, 0.15) is 23.6 Å². The molecule has 2 atom stereocenters. The normalized spacial score (nSPS) is 22.4. The summed E-state index contributed by atoms with van der Waals surface area (Å²) in [6.45, 7) is 1.98. The van der Waals surface area contributed by atoms with Gasteiger partial charge in [-0.05, 0) is 43.2 Å². The maximum Gasteiger partial charge on any atom is 0.243 e. The van der Waals surface area contributed by atoms with Crippen LogP contribution in [0.15, 0.2) is 53.4 Å². The predicted molar refractivity (Wildman–Crippen MR) is 83.7 cm³/mol. The van der Waals surface area contributed by atoms with Crippen molar-refractivity contribution in [3.05, 3.63) is 65.5 Å². The Morgan fingerprint density at radius 1 is 1.04 bits per heavy atom. The molecule has 0 amide bonds. The molecule has 0 radical (unpaired) electrons. The van der Waals surface area contributed by atoms with Crippen molar-refractivity contribution in [1.82, 2.24) is 4.31 Å². The van der Waals surface area contributed by atoms with E-state index in [0.717, 1.165) is 5.56 Å². The summed E-state index contributed by atoms with van der Waals surface area (Å²) >= 11 is 0. The molecule has 3 nitrogen and oxygen atoms in total. The Morgan fingerprint density at radius 3 is 2.26 bits per heavy atom. The summed E-state index contributed by atoms with van der Waals surface area (Å²) in [6.07, 6.45) is -1.17. The van der Waals surface area contributed by atoms with Gasteiger partial charge in [0.1, 0.15) is 12.0 Å². The van der Waals surface area contributed by atoms with Crippen molar-refractivity contribution in [3.8, 4) is 0 Å². The Balaban J connectivity index is 2.00. The molecule has 1 saturated heterocycles. The number of sulfonamides is 1. The van der Waals surface area contributed by atoms with Crippen LogP contribution in [-0.2, 0) is 10.0 Å². The van der Waals surface area contributed by atoms with Gasteiger partial charge < -0.3 is 0 Å². The lowest BCUT2D eigenvalue weighted by Gasteiger charge is -2.25. The molecule has 2 aromatic carbocycles. The first-order valence-corrected chi connectivity index (χ1v) is 8.81. The minimum atomic E-state index is -3.80. The molecule has 1 aliphatic rings. The quantitative estimate of drug-likeness (QED) is 0.858. The van der Waals surface area contributed by atoms with E-state index in [-0.39, 0.29) is 17.9 Å². The van der Waals surface area contributed by atoms with E-state index in [2.05, 4.69) is 0 Å². The lowest BCUT2D eigenvalue weighted by molar-refractivity contribution is 0.262. The van der Waals surface area contributed by atoms with Gasteiger partial charge in [-0.3, -0.25) is 0 Å². The highest BCUT2D eigenvalue weighted by atomic mass is 32.2. The molecule has 0 aromatic heterocycles. The topological polar surface area (TPSA) is 37.4 Å². The smallest absolute Gasteiger partial charge is 0.243 e. The van der Waals surface area contributed by atoms with Gasteiger partial charge in [0.15, 0.2) is 0 Å². The van der Waals surface area contributed by atoms with Crippen LogP contribution in [0.25, 0.3) is 0 Å². The van der Waals surface area contributed by atoms with E-state index in [1.54, 1.807) is 12.1 Å². The average Bonchev–Trinajstić information content (AvgIpc) is 2.91. The molecule has 23 heavy (non-hydrogen) atoms. The number of rotatable bonds is 3. The van der Waals surface area contributed by atoms with E-state index in [1.165, 1.54) is 40.7 Å². The molecule has 2 unspecified atom stereocenters. The minimum absolute atomic E-state index is 0.111. The van der Waals surface area contributed by atoms with E-state index in [1.807, 2.05) is 6.92 Å². The van der Waals surface area contributed by atoms with E-state index in [4.69, 9.17) is 0 Å². The van der Waals surface area contributed by atoms with Crippen LogP contribution in [-0.4, -0.2) is 25.4 Å². The minimum Gasteiger partial charge on any atom is -0.245 e. The Morgan fingerprint density at radius 2 is 1.65 bits per heavy atom. The Kier molecular flexibility index (Phi) is 4.21. The largest absolute Gasteiger partial charge is 0.245 e. The molecule has 0 spiro atoms. The van der Waals surface area contributed by atoms with E-state index in [9.17, 15) is 17.2 Å². The number of nitrogens with zero attached hydrogens (tertiary/aromatic N) is 1. The molecule has 1 heterocycles. The first kappa shape index (κ1) is 16.1. The van der Waals surface area contributed by atoms with E-state index in [0.29, 0.717) is 5.56 Å². The standard InChI is InChI=1S/C17H17F2NO2S/c1-12-2-8-15(9-3-12)23(21,22)20-11-10-16(19)17(20)13-4-6-14(18)7-5-13/h2-9,16-17H,10-11H2,1H3. The van der Waals surface area contributed by atoms with Crippen LogP contribution in [0.4, 0.5) is 8.78 Å². The van der Waals surface area contributed by atoms with Crippen LogP contribution in [0, 0.1) is 12.7 Å². The van der Waals surface area contributed by atoms with Crippen molar-refractivity contribution in [3.63, 3.8) is 0 Å². The first-order valence-electron chi connectivity index (χ1n) is 7.37. The molecule has 122 valence electrons. The van der Waals surface area contributed by atoms with Gasteiger partial charge in [0.25, 0.3) is 0 Å². The van der Waals surface area contributed by atoms with Gasteiger partial charge >= 0.3 is 0 Å². The van der Waals surface area contributed by atoms with Crippen LogP contribution in [0.2, 0.25) is 0 Å². The van der Waals surface area contributed by atoms with Crippen molar-refractivity contribution in [2.45, 2.75) is 30.5 Å². The zero-order chi connectivity index (χ0) is 16.6.